The maximum atomic E-state index is 12.3. The van der Waals surface area contributed by atoms with Crippen LogP contribution in [0.2, 0.25) is 0 Å². The molecule has 3 rings (SSSR count). The number of nitrogens with one attached hydrogen (secondary N) is 1. The number of aromatic nitrogens is 1. The lowest BCUT2D eigenvalue weighted by Gasteiger charge is -2.26. The number of hydrogen-bond acceptors (Lipinski definition) is 5. The van der Waals surface area contributed by atoms with E-state index in [-0.39, 0.29) is 11.8 Å². The van der Waals surface area contributed by atoms with Crippen molar-refractivity contribution in [2.24, 2.45) is 17.6 Å². The minimum Gasteiger partial charge on any atom is -0.381 e. The van der Waals surface area contributed by atoms with E-state index in [1.807, 2.05) is 0 Å². The number of amides is 1. The number of carbonyl (C=O) groups is 1. The first kappa shape index (κ1) is 14.9. The summed E-state index contributed by atoms with van der Waals surface area (Å²) in [6.45, 7) is 3.67. The largest absolute Gasteiger partial charge is 0.381 e. The highest BCUT2D eigenvalue weighted by molar-refractivity contribution is 7.15. The Labute approximate surface area is 129 Å². The Kier molecular flexibility index (Phi) is 4.57. The van der Waals surface area contributed by atoms with Crippen molar-refractivity contribution in [1.29, 1.82) is 0 Å². The zero-order valence-corrected chi connectivity index (χ0v) is 13.2. The molecule has 116 valence electrons. The third kappa shape index (κ3) is 3.44. The number of anilines is 1. The summed E-state index contributed by atoms with van der Waals surface area (Å²) < 4.78 is 5.32. The number of hydrogen-bond donors (Lipinski definition) is 2. The topological polar surface area (TPSA) is 77.2 Å². The molecule has 0 aromatic carbocycles. The maximum absolute atomic E-state index is 12.3. The number of fused-ring (bicyclic) bond motifs is 1. The van der Waals surface area contributed by atoms with Gasteiger partial charge in [-0.25, -0.2) is 4.98 Å². The highest BCUT2D eigenvalue weighted by atomic mass is 32.1. The first-order valence-electron chi connectivity index (χ1n) is 7.76. The molecule has 1 aliphatic carbocycles. The van der Waals surface area contributed by atoms with E-state index < -0.39 is 6.04 Å². The Morgan fingerprint density at radius 1 is 1.43 bits per heavy atom. The highest BCUT2D eigenvalue weighted by Crippen LogP contribution is 2.32. The monoisotopic (exact) mass is 309 g/mol. The molecule has 2 heterocycles. The van der Waals surface area contributed by atoms with Crippen LogP contribution < -0.4 is 11.1 Å². The molecule has 0 radical (unpaired) electrons. The number of rotatable bonds is 3. The van der Waals surface area contributed by atoms with Crippen LogP contribution in [0.15, 0.2) is 0 Å². The fourth-order valence-electron chi connectivity index (χ4n) is 3.07. The predicted octanol–water partition coefficient (Wildman–Crippen LogP) is 1.96. The lowest BCUT2D eigenvalue weighted by Crippen LogP contribution is -2.43. The van der Waals surface area contributed by atoms with Crippen LogP contribution in [0.1, 0.15) is 36.8 Å². The maximum Gasteiger partial charge on any atom is 0.243 e. The third-order valence-electron chi connectivity index (χ3n) is 4.49. The molecule has 3 N–H and O–H groups in total. The van der Waals surface area contributed by atoms with E-state index in [1.165, 1.54) is 11.3 Å². The number of thiazole rings is 1. The Bertz CT molecular complexity index is 511. The van der Waals surface area contributed by atoms with Gasteiger partial charge < -0.3 is 15.8 Å². The van der Waals surface area contributed by atoms with E-state index in [0.29, 0.717) is 24.3 Å². The molecule has 0 saturated carbocycles. The Balaban J connectivity index is 1.62. The van der Waals surface area contributed by atoms with Crippen molar-refractivity contribution in [3.63, 3.8) is 0 Å². The van der Waals surface area contributed by atoms with Gasteiger partial charge in [-0.2, -0.15) is 0 Å². The van der Waals surface area contributed by atoms with Crippen LogP contribution in [-0.2, 0) is 22.4 Å². The molecule has 0 spiro atoms. The van der Waals surface area contributed by atoms with Crippen LogP contribution in [0.3, 0.4) is 0 Å². The van der Waals surface area contributed by atoms with Crippen molar-refractivity contribution in [1.82, 2.24) is 4.98 Å². The summed E-state index contributed by atoms with van der Waals surface area (Å²) in [6.07, 6.45) is 5.01. The molecular formula is C15H23N3O2S. The highest BCUT2D eigenvalue weighted by Gasteiger charge is 2.28. The van der Waals surface area contributed by atoms with Crippen LogP contribution in [-0.4, -0.2) is 30.1 Å². The van der Waals surface area contributed by atoms with Gasteiger partial charge in [-0.3, -0.25) is 4.79 Å². The lowest BCUT2D eigenvalue weighted by molar-refractivity contribution is -0.119. The molecule has 1 aromatic rings. The molecule has 21 heavy (non-hydrogen) atoms. The summed E-state index contributed by atoms with van der Waals surface area (Å²) >= 11 is 1.61. The van der Waals surface area contributed by atoms with E-state index in [1.54, 1.807) is 11.3 Å². The standard InChI is InChI=1S/C15H23N3O2S/c1-9-2-3-11-12(8-9)21-15(17-11)18-14(19)13(16)10-4-6-20-7-5-10/h9-10,13H,2-8,16H2,1H3,(H,17,18,19). The fraction of sp³-hybridized carbons (Fsp3) is 0.733. The second-order valence-corrected chi connectivity index (χ2v) is 7.29. The van der Waals surface area contributed by atoms with Gasteiger partial charge in [0.15, 0.2) is 5.13 Å². The zero-order chi connectivity index (χ0) is 14.8. The molecule has 2 atom stereocenters. The summed E-state index contributed by atoms with van der Waals surface area (Å²) in [4.78, 5) is 18.2. The molecule has 1 fully saturated rings. The summed E-state index contributed by atoms with van der Waals surface area (Å²) in [5.41, 5.74) is 7.25. The molecular weight excluding hydrogens is 286 g/mol. The van der Waals surface area contributed by atoms with Gasteiger partial charge in [0, 0.05) is 18.1 Å². The predicted molar refractivity (Wildman–Crippen MR) is 83.5 cm³/mol. The molecule has 0 bridgehead atoms. The number of nitrogens with two attached hydrogens (primary N) is 1. The van der Waals surface area contributed by atoms with Gasteiger partial charge >= 0.3 is 0 Å². The molecule has 1 aliphatic heterocycles. The van der Waals surface area contributed by atoms with Crippen molar-refractivity contribution < 1.29 is 9.53 Å². The van der Waals surface area contributed by atoms with Gasteiger partial charge in [-0.15, -0.1) is 11.3 Å². The number of ether oxygens (including phenoxy) is 1. The van der Waals surface area contributed by atoms with Crippen molar-refractivity contribution >= 4 is 22.4 Å². The first-order chi connectivity index (χ1) is 10.1. The van der Waals surface area contributed by atoms with Crippen LogP contribution in [0.4, 0.5) is 5.13 Å². The first-order valence-corrected chi connectivity index (χ1v) is 8.58. The van der Waals surface area contributed by atoms with Crippen molar-refractivity contribution in [3.05, 3.63) is 10.6 Å². The average Bonchev–Trinajstić information content (AvgIpc) is 2.88. The van der Waals surface area contributed by atoms with Gasteiger partial charge in [0.05, 0.1) is 11.7 Å². The zero-order valence-electron chi connectivity index (χ0n) is 12.4. The number of carbonyl (C=O) groups excluding carboxylic acids is 1. The van der Waals surface area contributed by atoms with Crippen LogP contribution in [0, 0.1) is 11.8 Å². The SMILES string of the molecule is CC1CCc2nc(NC(=O)C(N)C3CCOCC3)sc2C1. The molecule has 5 nitrogen and oxygen atoms in total. The molecule has 1 saturated heterocycles. The summed E-state index contributed by atoms with van der Waals surface area (Å²) in [5, 5.41) is 3.62. The van der Waals surface area contributed by atoms with Crippen molar-refractivity contribution in [2.75, 3.05) is 18.5 Å². The van der Waals surface area contributed by atoms with Gasteiger partial charge in [0.25, 0.3) is 0 Å². The van der Waals surface area contributed by atoms with E-state index in [2.05, 4.69) is 17.2 Å². The van der Waals surface area contributed by atoms with Crippen molar-refractivity contribution in [3.8, 4) is 0 Å². The van der Waals surface area contributed by atoms with E-state index in [0.717, 1.165) is 31.4 Å². The summed E-state index contributed by atoms with van der Waals surface area (Å²) in [5.74, 6) is 0.820. The quantitative estimate of drug-likeness (QED) is 0.895. The molecule has 2 unspecified atom stereocenters. The van der Waals surface area contributed by atoms with Gasteiger partial charge in [-0.05, 0) is 43.9 Å². The van der Waals surface area contributed by atoms with Crippen LogP contribution in [0.5, 0.6) is 0 Å². The minimum absolute atomic E-state index is 0.110. The normalized spacial score (nSPS) is 24.4. The van der Waals surface area contributed by atoms with Gasteiger partial charge in [-0.1, -0.05) is 6.92 Å². The molecule has 6 heteroatoms. The van der Waals surface area contributed by atoms with Crippen molar-refractivity contribution in [2.45, 2.75) is 45.1 Å². The van der Waals surface area contributed by atoms with E-state index in [4.69, 9.17) is 10.5 Å². The molecule has 1 aromatic heterocycles. The minimum atomic E-state index is -0.464. The molecule has 1 amide bonds. The van der Waals surface area contributed by atoms with Gasteiger partial charge in [0.1, 0.15) is 0 Å². The Morgan fingerprint density at radius 3 is 2.95 bits per heavy atom. The van der Waals surface area contributed by atoms with Gasteiger partial charge in [0.2, 0.25) is 5.91 Å². The Hall–Kier alpha value is -0.980. The van der Waals surface area contributed by atoms with E-state index in [9.17, 15) is 4.79 Å². The average molecular weight is 309 g/mol. The van der Waals surface area contributed by atoms with E-state index >= 15 is 0 Å². The lowest BCUT2D eigenvalue weighted by atomic mass is 9.92. The third-order valence-corrected chi connectivity index (χ3v) is 5.53. The second-order valence-electron chi connectivity index (χ2n) is 6.20. The smallest absolute Gasteiger partial charge is 0.243 e. The number of nitrogens with zero attached hydrogens (tertiary/aromatic N) is 1. The Morgan fingerprint density at radius 2 is 2.19 bits per heavy atom. The summed E-state index contributed by atoms with van der Waals surface area (Å²) in [6, 6.07) is -0.464. The fourth-order valence-corrected chi connectivity index (χ4v) is 4.25. The molecule has 2 aliphatic rings. The van der Waals surface area contributed by atoms with Crippen LogP contribution in [0.25, 0.3) is 0 Å². The number of aryl methyl sites for hydroxylation is 1. The summed E-state index contributed by atoms with van der Waals surface area (Å²) in [7, 11) is 0. The van der Waals surface area contributed by atoms with Crippen LogP contribution >= 0.6 is 11.3 Å². The second kappa shape index (κ2) is 6.42.